The van der Waals surface area contributed by atoms with Gasteiger partial charge in [-0.05, 0) is 87.4 Å². The molecule has 0 aromatic heterocycles. The third kappa shape index (κ3) is 9.85. The summed E-state index contributed by atoms with van der Waals surface area (Å²) in [4.78, 5) is 56.7. The van der Waals surface area contributed by atoms with E-state index in [1.165, 1.54) is 19.1 Å². The molecule has 4 amide bonds. The van der Waals surface area contributed by atoms with E-state index >= 15 is 0 Å². The first-order valence-corrected chi connectivity index (χ1v) is 19.7. The summed E-state index contributed by atoms with van der Waals surface area (Å²) < 4.78 is 11.3. The van der Waals surface area contributed by atoms with Gasteiger partial charge in [0.1, 0.15) is 0 Å². The molecule has 2 atom stereocenters. The number of methoxy groups -OCH3 is 2. The maximum Gasteiger partial charge on any atom is 0.261 e. The van der Waals surface area contributed by atoms with Gasteiger partial charge in [-0.15, -0.1) is 0 Å². The van der Waals surface area contributed by atoms with Crippen LogP contribution in [0.15, 0.2) is 114 Å². The lowest BCUT2D eigenvalue weighted by Gasteiger charge is -2.31. The molecule has 0 radical (unpaired) electrons. The van der Waals surface area contributed by atoms with E-state index in [4.69, 9.17) is 32.7 Å². The van der Waals surface area contributed by atoms with Gasteiger partial charge in [0.25, 0.3) is 17.7 Å². The molecule has 2 unspecified atom stereocenters. The lowest BCUT2D eigenvalue weighted by atomic mass is 9.97. The Kier molecular flexibility index (Phi) is 13.7. The minimum absolute atomic E-state index is 0.132. The molecule has 1 heterocycles. The van der Waals surface area contributed by atoms with Crippen LogP contribution in [-0.2, 0) is 17.6 Å². The molecule has 13 heteroatoms. The predicted molar refractivity (Wildman–Crippen MR) is 223 cm³/mol. The molecule has 5 aromatic carbocycles. The number of amides is 4. The van der Waals surface area contributed by atoms with Crippen molar-refractivity contribution >= 4 is 62.8 Å². The van der Waals surface area contributed by atoms with Crippen molar-refractivity contribution in [1.82, 2.24) is 15.1 Å². The van der Waals surface area contributed by atoms with Gasteiger partial charge in [-0.25, -0.2) is 0 Å². The number of carbonyl (C=O) groups is 4. The molecule has 2 N–H and O–H groups in total. The lowest BCUT2D eigenvalue weighted by Crippen LogP contribution is -2.51. The molecule has 10 nitrogen and oxygen atoms in total. The van der Waals surface area contributed by atoms with Crippen molar-refractivity contribution in [2.45, 2.75) is 31.4 Å². The zero-order valence-corrected chi connectivity index (χ0v) is 34.3. The fourth-order valence-electron chi connectivity index (χ4n) is 6.73. The van der Waals surface area contributed by atoms with Gasteiger partial charge >= 0.3 is 0 Å². The Morgan fingerprint density at radius 1 is 0.825 bits per heavy atom. The Morgan fingerprint density at radius 2 is 1.44 bits per heavy atom. The van der Waals surface area contributed by atoms with Gasteiger partial charge in [-0.2, -0.15) is 0 Å². The Bertz CT molecular complexity index is 2240. The van der Waals surface area contributed by atoms with Gasteiger partial charge in [0.2, 0.25) is 5.91 Å². The normalized spacial score (nSPS) is 13.2. The summed E-state index contributed by atoms with van der Waals surface area (Å²) in [5.74, 6) is -1.07. The van der Waals surface area contributed by atoms with Crippen LogP contribution in [0.5, 0.6) is 11.5 Å². The van der Waals surface area contributed by atoms with Crippen molar-refractivity contribution in [1.29, 1.82) is 0 Å². The summed E-state index contributed by atoms with van der Waals surface area (Å²) in [5.41, 5.74) is 4.44. The number of aliphatic hydroxyl groups is 1. The van der Waals surface area contributed by atoms with Crippen LogP contribution in [-0.4, -0.2) is 84.5 Å². The van der Waals surface area contributed by atoms with Crippen molar-refractivity contribution in [3.8, 4) is 22.6 Å². The van der Waals surface area contributed by atoms with Crippen LogP contribution in [0.25, 0.3) is 11.1 Å². The van der Waals surface area contributed by atoms with E-state index in [2.05, 4.69) is 21.2 Å². The maximum atomic E-state index is 14.0. The Morgan fingerprint density at radius 3 is 2.07 bits per heavy atom. The van der Waals surface area contributed by atoms with Crippen LogP contribution >= 0.6 is 39.1 Å². The number of imide groups is 1. The molecular formula is C44H40BrCl2N3O7. The molecule has 5 aromatic rings. The molecule has 6 rings (SSSR count). The van der Waals surface area contributed by atoms with E-state index in [0.717, 1.165) is 27.2 Å². The smallest absolute Gasteiger partial charge is 0.261 e. The van der Waals surface area contributed by atoms with Crippen LogP contribution in [0.1, 0.15) is 48.6 Å². The first-order valence-electron chi connectivity index (χ1n) is 18.2. The lowest BCUT2D eigenvalue weighted by molar-refractivity contribution is -0.133. The van der Waals surface area contributed by atoms with Crippen LogP contribution in [0.4, 0.5) is 0 Å². The summed E-state index contributed by atoms with van der Waals surface area (Å²) in [6, 6.07) is 31.6. The molecule has 0 saturated carbocycles. The van der Waals surface area contributed by atoms with Gasteiger partial charge in [-0.3, -0.25) is 24.1 Å². The second-order valence-corrected chi connectivity index (χ2v) is 15.2. The van der Waals surface area contributed by atoms with Gasteiger partial charge in [0, 0.05) is 40.6 Å². The summed E-state index contributed by atoms with van der Waals surface area (Å²) >= 11 is 16.1. The molecule has 294 valence electrons. The summed E-state index contributed by atoms with van der Waals surface area (Å²) in [6.45, 7) is -0.208. The number of carbonyl (C=O) groups excluding carboxylic acids is 4. The number of ether oxygens (including phenoxy) is 2. The second kappa shape index (κ2) is 18.8. The fraction of sp³-hybridized carbons (Fsp3) is 0.227. The molecule has 0 fully saturated rings. The van der Waals surface area contributed by atoms with Gasteiger partial charge < -0.3 is 24.8 Å². The van der Waals surface area contributed by atoms with Crippen LogP contribution < -0.4 is 14.8 Å². The molecule has 1 aliphatic rings. The van der Waals surface area contributed by atoms with E-state index in [1.54, 1.807) is 54.6 Å². The first-order chi connectivity index (χ1) is 27.5. The highest BCUT2D eigenvalue weighted by Gasteiger charge is 2.36. The van der Waals surface area contributed by atoms with Crippen molar-refractivity contribution in [2.24, 2.45) is 0 Å². The predicted octanol–water partition coefficient (Wildman–Crippen LogP) is 7.90. The zero-order valence-electron chi connectivity index (χ0n) is 31.2. The number of aliphatic hydroxyl groups excluding tert-OH is 1. The van der Waals surface area contributed by atoms with Crippen molar-refractivity contribution in [2.75, 3.05) is 33.9 Å². The number of benzene rings is 5. The Labute approximate surface area is 349 Å². The minimum Gasteiger partial charge on any atom is -0.493 e. The van der Waals surface area contributed by atoms with Crippen LogP contribution in [0, 0.1) is 0 Å². The number of fused-ring (bicyclic) bond motifs is 1. The maximum absolute atomic E-state index is 14.0. The van der Waals surface area contributed by atoms with E-state index in [0.29, 0.717) is 32.4 Å². The zero-order chi connectivity index (χ0) is 40.6. The Balaban J connectivity index is 1.26. The monoisotopic (exact) mass is 871 g/mol. The highest BCUT2D eigenvalue weighted by molar-refractivity contribution is 9.10. The van der Waals surface area contributed by atoms with Crippen LogP contribution in [0.2, 0.25) is 10.0 Å². The van der Waals surface area contributed by atoms with Gasteiger partial charge in [0.15, 0.2) is 11.5 Å². The van der Waals surface area contributed by atoms with Crippen molar-refractivity contribution < 1.29 is 33.8 Å². The number of nitrogens with one attached hydrogen (secondary N) is 1. The summed E-state index contributed by atoms with van der Waals surface area (Å²) in [6.07, 6.45) is -0.931. The topological polar surface area (TPSA) is 125 Å². The second-order valence-electron chi connectivity index (χ2n) is 13.5. The number of hydrogen-bond donors (Lipinski definition) is 2. The average molecular weight is 874 g/mol. The quantitative estimate of drug-likeness (QED) is 0.0967. The first kappa shape index (κ1) is 41.4. The standard InChI is InChI=1S/C44H40BrCl2N3O7/c1-56-39-24-34(35(45)25-40(39)57-2)42(53)48-37(22-27-12-14-29(15-13-27)28-8-4-3-5-9-28)38(51)26-49(20-18-30-16-17-31(46)23-36(30)47)41(52)19-21-50-43(54)32-10-6-7-11-33(32)44(50)55/h3-17,23-25,37-38,51H,18-22,26H2,1-2H3,(H,48,53). The largest absolute Gasteiger partial charge is 0.493 e. The highest BCUT2D eigenvalue weighted by atomic mass is 79.9. The molecule has 0 spiro atoms. The van der Waals surface area contributed by atoms with E-state index in [9.17, 15) is 24.3 Å². The summed E-state index contributed by atoms with van der Waals surface area (Å²) in [5, 5.41) is 15.9. The minimum atomic E-state index is -1.27. The van der Waals surface area contributed by atoms with E-state index in [-0.39, 0.29) is 49.2 Å². The molecular weight excluding hydrogens is 833 g/mol. The highest BCUT2D eigenvalue weighted by Crippen LogP contribution is 2.33. The van der Waals surface area contributed by atoms with Crippen LogP contribution in [0.3, 0.4) is 0 Å². The number of halogens is 3. The molecule has 0 saturated heterocycles. The molecule has 1 aliphatic heterocycles. The number of nitrogens with zero attached hydrogens (tertiary/aromatic N) is 2. The average Bonchev–Trinajstić information content (AvgIpc) is 3.46. The van der Waals surface area contributed by atoms with E-state index < -0.39 is 35.8 Å². The van der Waals surface area contributed by atoms with Crippen molar-refractivity contribution in [3.63, 3.8) is 0 Å². The summed E-state index contributed by atoms with van der Waals surface area (Å²) in [7, 11) is 2.96. The fourth-order valence-corrected chi connectivity index (χ4v) is 7.74. The molecule has 57 heavy (non-hydrogen) atoms. The molecule has 0 bridgehead atoms. The van der Waals surface area contributed by atoms with E-state index in [1.807, 2.05) is 54.6 Å². The van der Waals surface area contributed by atoms with Gasteiger partial charge in [0.05, 0.1) is 43.1 Å². The Hall–Kier alpha value is -5.20. The SMILES string of the molecule is COc1cc(Br)c(C(=O)NC(Cc2ccc(-c3ccccc3)cc2)C(O)CN(CCc2ccc(Cl)cc2Cl)C(=O)CCN2C(=O)c3ccccc3C2=O)cc1OC. The number of hydrogen-bond acceptors (Lipinski definition) is 7. The third-order valence-corrected chi connectivity index (χ3v) is 11.1. The van der Waals surface area contributed by atoms with Gasteiger partial charge in [-0.1, -0.05) is 96.0 Å². The van der Waals surface area contributed by atoms with Crippen molar-refractivity contribution in [3.05, 3.63) is 152 Å². The number of rotatable bonds is 16. The third-order valence-electron chi connectivity index (χ3n) is 9.87. The molecule has 0 aliphatic carbocycles.